The van der Waals surface area contributed by atoms with Crippen LogP contribution >= 0.6 is 11.3 Å². The van der Waals surface area contributed by atoms with Gasteiger partial charge in [-0.15, -0.1) is 11.3 Å². The molecule has 0 saturated carbocycles. The smallest absolute Gasteiger partial charge is 0.243 e. The molecule has 202 valence electrons. The van der Waals surface area contributed by atoms with Crippen LogP contribution in [0.1, 0.15) is 34.9 Å². The first kappa shape index (κ1) is 26.8. The molecule has 10 heteroatoms. The lowest BCUT2D eigenvalue weighted by atomic mass is 10.0. The minimum absolute atomic E-state index is 0.121. The molecule has 3 heterocycles. The van der Waals surface area contributed by atoms with Gasteiger partial charge in [0, 0.05) is 24.6 Å². The first-order valence-electron chi connectivity index (χ1n) is 12.7. The summed E-state index contributed by atoms with van der Waals surface area (Å²) in [4.78, 5) is 16.8. The number of aryl methyl sites for hydroxylation is 1. The highest BCUT2D eigenvalue weighted by molar-refractivity contribution is 7.89. The molecule has 2 atom stereocenters. The largest absolute Gasteiger partial charge is 0.491 e. The van der Waals surface area contributed by atoms with E-state index < -0.39 is 10.0 Å². The van der Waals surface area contributed by atoms with Crippen LogP contribution in [0.4, 0.5) is 4.39 Å². The highest BCUT2D eigenvalue weighted by atomic mass is 32.2. The molecule has 38 heavy (non-hydrogen) atoms. The van der Waals surface area contributed by atoms with Crippen molar-refractivity contribution in [3.63, 3.8) is 0 Å². The lowest BCUT2D eigenvalue weighted by Crippen LogP contribution is -2.49. The Morgan fingerprint density at radius 1 is 1.16 bits per heavy atom. The van der Waals surface area contributed by atoms with Gasteiger partial charge < -0.3 is 14.4 Å². The van der Waals surface area contributed by atoms with Gasteiger partial charge in [0.05, 0.1) is 23.6 Å². The van der Waals surface area contributed by atoms with E-state index in [9.17, 15) is 17.6 Å². The summed E-state index contributed by atoms with van der Waals surface area (Å²) >= 11 is 1.64. The number of halogens is 1. The summed E-state index contributed by atoms with van der Waals surface area (Å²) in [6.07, 6.45) is 2.07. The third kappa shape index (κ3) is 5.93. The van der Waals surface area contributed by atoms with Crippen LogP contribution in [0.25, 0.3) is 0 Å². The van der Waals surface area contributed by atoms with Gasteiger partial charge in [-0.1, -0.05) is 17.7 Å². The van der Waals surface area contributed by atoms with Gasteiger partial charge in [-0.3, -0.25) is 4.79 Å². The number of hydrogen-bond donors (Lipinski definition) is 0. The lowest BCUT2D eigenvalue weighted by Gasteiger charge is -2.37. The Kier molecular flexibility index (Phi) is 8.13. The molecule has 7 nitrogen and oxygen atoms in total. The fourth-order valence-electron chi connectivity index (χ4n) is 4.94. The number of hydrogen-bond acceptors (Lipinski definition) is 6. The van der Waals surface area contributed by atoms with E-state index >= 15 is 0 Å². The van der Waals surface area contributed by atoms with Gasteiger partial charge in [-0.2, -0.15) is 4.31 Å². The summed E-state index contributed by atoms with van der Waals surface area (Å²) in [7, 11) is -3.92. The maximum absolute atomic E-state index is 13.8. The predicted molar refractivity (Wildman–Crippen MR) is 143 cm³/mol. The molecule has 0 N–H and O–H groups in total. The van der Waals surface area contributed by atoms with Crippen LogP contribution in [0.2, 0.25) is 0 Å². The molecule has 1 aromatic heterocycles. The molecular weight excluding hydrogens is 527 g/mol. The van der Waals surface area contributed by atoms with E-state index in [2.05, 4.69) is 0 Å². The normalized spacial score (nSPS) is 19.5. The number of amides is 1. The van der Waals surface area contributed by atoms with E-state index in [0.717, 1.165) is 24.0 Å². The zero-order valence-electron chi connectivity index (χ0n) is 21.2. The molecule has 1 saturated heterocycles. The molecule has 2 aliphatic heterocycles. The highest BCUT2D eigenvalue weighted by Crippen LogP contribution is 2.34. The Morgan fingerprint density at radius 3 is 2.63 bits per heavy atom. The summed E-state index contributed by atoms with van der Waals surface area (Å²) in [5.41, 5.74) is 1.96. The van der Waals surface area contributed by atoms with Gasteiger partial charge in [0.15, 0.2) is 0 Å². The van der Waals surface area contributed by atoms with Crippen LogP contribution in [-0.4, -0.2) is 62.5 Å². The number of carbonyl (C=O) groups excluding carboxylic acids is 1. The molecule has 1 fully saturated rings. The Balaban J connectivity index is 1.38. The number of nitrogens with zero attached hydrogens (tertiary/aromatic N) is 2. The molecule has 2 aliphatic rings. The standard InChI is InChI=1S/C28H31FN2O5S2/c1-20-4-10-24(11-5-20)38(33,34)30(17-23-3-2-15-35-23)18-28(32)31-14-12-27-25(13-16-37-27)26(31)19-36-22-8-6-21(29)7-9-22/h4-11,13,16,23,26H,2-3,12,14-15,17-19H2,1H3/t23-,26-/m0/s1. The topological polar surface area (TPSA) is 76.2 Å². The van der Waals surface area contributed by atoms with E-state index in [4.69, 9.17) is 9.47 Å². The van der Waals surface area contributed by atoms with Crippen molar-refractivity contribution in [3.8, 4) is 5.75 Å². The van der Waals surface area contributed by atoms with Gasteiger partial charge >= 0.3 is 0 Å². The van der Waals surface area contributed by atoms with Crippen LogP contribution in [0.3, 0.4) is 0 Å². The van der Waals surface area contributed by atoms with Crippen molar-refractivity contribution in [1.29, 1.82) is 0 Å². The van der Waals surface area contributed by atoms with Crippen LogP contribution < -0.4 is 4.74 Å². The zero-order chi connectivity index (χ0) is 26.7. The van der Waals surface area contributed by atoms with Gasteiger partial charge in [0.1, 0.15) is 18.2 Å². The highest BCUT2D eigenvalue weighted by Gasteiger charge is 2.36. The van der Waals surface area contributed by atoms with Gasteiger partial charge in [0.25, 0.3) is 0 Å². The van der Waals surface area contributed by atoms with Gasteiger partial charge in [-0.05, 0) is 79.6 Å². The number of thiophene rings is 1. The van der Waals surface area contributed by atoms with Crippen LogP contribution in [-0.2, 0) is 26.0 Å². The summed E-state index contributed by atoms with van der Waals surface area (Å²) in [6, 6.07) is 14.0. The second kappa shape index (κ2) is 11.5. The van der Waals surface area contributed by atoms with Crippen LogP contribution in [0, 0.1) is 12.7 Å². The molecule has 0 aliphatic carbocycles. The fraction of sp³-hybridized carbons (Fsp3) is 0.393. The van der Waals surface area contributed by atoms with Crippen molar-refractivity contribution in [2.45, 2.75) is 43.2 Å². The van der Waals surface area contributed by atoms with Crippen LogP contribution in [0.5, 0.6) is 5.75 Å². The Bertz CT molecular complexity index is 1350. The monoisotopic (exact) mass is 558 g/mol. The Labute approximate surface area is 226 Å². The summed E-state index contributed by atoms with van der Waals surface area (Å²) in [5, 5.41) is 2.00. The number of ether oxygens (including phenoxy) is 2. The molecule has 0 radical (unpaired) electrons. The summed E-state index contributed by atoms with van der Waals surface area (Å²) in [6.45, 7) is 2.96. The summed E-state index contributed by atoms with van der Waals surface area (Å²) < 4.78 is 53.6. The fourth-order valence-corrected chi connectivity index (χ4v) is 7.29. The van der Waals surface area contributed by atoms with Gasteiger partial charge in [-0.25, -0.2) is 12.8 Å². The number of rotatable bonds is 9. The average Bonchev–Trinajstić information content (AvgIpc) is 3.60. The second-order valence-corrected chi connectivity index (χ2v) is 12.6. The van der Waals surface area contributed by atoms with Crippen molar-refractivity contribution >= 4 is 27.3 Å². The first-order chi connectivity index (χ1) is 18.3. The number of sulfonamides is 1. The minimum Gasteiger partial charge on any atom is -0.491 e. The molecule has 2 aromatic carbocycles. The molecule has 0 bridgehead atoms. The second-order valence-electron chi connectivity index (χ2n) is 9.66. The Hall–Kier alpha value is -2.79. The number of carbonyl (C=O) groups is 1. The average molecular weight is 559 g/mol. The maximum Gasteiger partial charge on any atom is 0.243 e. The molecule has 1 amide bonds. The van der Waals surface area contributed by atoms with E-state index in [1.807, 2.05) is 18.4 Å². The van der Waals surface area contributed by atoms with Crippen molar-refractivity contribution < 1.29 is 27.1 Å². The van der Waals surface area contributed by atoms with Gasteiger partial charge in [0.2, 0.25) is 15.9 Å². The minimum atomic E-state index is -3.92. The Morgan fingerprint density at radius 2 is 1.92 bits per heavy atom. The molecule has 0 unspecified atom stereocenters. The van der Waals surface area contributed by atoms with Crippen molar-refractivity contribution in [2.75, 3.05) is 32.8 Å². The van der Waals surface area contributed by atoms with Crippen molar-refractivity contribution in [2.24, 2.45) is 0 Å². The molecule has 5 rings (SSSR count). The number of benzene rings is 2. The third-order valence-electron chi connectivity index (χ3n) is 7.04. The quantitative estimate of drug-likeness (QED) is 0.385. The zero-order valence-corrected chi connectivity index (χ0v) is 22.8. The lowest BCUT2D eigenvalue weighted by molar-refractivity contribution is -0.135. The van der Waals surface area contributed by atoms with E-state index in [-0.39, 0.29) is 48.5 Å². The van der Waals surface area contributed by atoms with Crippen molar-refractivity contribution in [3.05, 3.63) is 81.8 Å². The molecule has 3 aromatic rings. The van der Waals surface area contributed by atoms with E-state index in [0.29, 0.717) is 25.3 Å². The summed E-state index contributed by atoms with van der Waals surface area (Å²) in [5.74, 6) is -0.139. The third-order valence-corrected chi connectivity index (χ3v) is 9.86. The molecule has 0 spiro atoms. The van der Waals surface area contributed by atoms with E-state index in [1.165, 1.54) is 21.3 Å². The van der Waals surface area contributed by atoms with Crippen molar-refractivity contribution in [1.82, 2.24) is 9.21 Å². The first-order valence-corrected chi connectivity index (χ1v) is 15.1. The van der Waals surface area contributed by atoms with Crippen LogP contribution in [0.15, 0.2) is 64.9 Å². The SMILES string of the molecule is Cc1ccc(S(=O)(=O)N(CC(=O)N2CCc3sccc3[C@@H]2COc2ccc(F)cc2)C[C@@H]2CCCO2)cc1. The molecular formula is C28H31FN2O5S2. The maximum atomic E-state index is 13.8. The number of fused-ring (bicyclic) bond motifs is 1. The van der Waals surface area contributed by atoms with E-state index in [1.54, 1.807) is 52.6 Å². The predicted octanol–water partition coefficient (Wildman–Crippen LogP) is 4.57.